The fraction of sp³-hybridized carbons (Fsp3) is 0.353. The van der Waals surface area contributed by atoms with Crippen LogP contribution in [-0.2, 0) is 25.9 Å². The summed E-state index contributed by atoms with van der Waals surface area (Å²) in [5, 5.41) is 8.31. The molecule has 13 nitrogen and oxygen atoms in total. The summed E-state index contributed by atoms with van der Waals surface area (Å²) >= 11 is 0. The van der Waals surface area contributed by atoms with E-state index in [1.54, 1.807) is 24.3 Å². The first kappa shape index (κ1) is 64.9. The number of piperidine rings is 2. The lowest BCUT2D eigenvalue weighted by Crippen LogP contribution is -2.45. The average molecular weight is 1170 g/mol. The second-order valence-corrected chi connectivity index (χ2v) is 21.5. The van der Waals surface area contributed by atoms with E-state index in [-0.39, 0.29) is 54.2 Å². The minimum absolute atomic E-state index is 0. The lowest BCUT2D eigenvalue weighted by molar-refractivity contribution is 0.0725. The molecule has 2 saturated heterocycles. The predicted octanol–water partition coefficient (Wildman–Crippen LogP) is 12.8. The third-order valence-corrected chi connectivity index (χ3v) is 15.9. The lowest BCUT2D eigenvalue weighted by Gasteiger charge is -2.32. The molecule has 10 rings (SSSR count). The van der Waals surface area contributed by atoms with E-state index in [1.807, 2.05) is 86.6 Å². The van der Waals surface area contributed by atoms with Gasteiger partial charge in [-0.15, -0.1) is 24.8 Å². The molecule has 0 bridgehead atoms. The van der Waals surface area contributed by atoms with Crippen molar-refractivity contribution >= 4 is 70.4 Å². The largest absolute Gasteiger partial charge is 0.423 e. The van der Waals surface area contributed by atoms with Gasteiger partial charge in [-0.05, 0) is 137 Å². The molecule has 440 valence electrons. The molecule has 0 saturated carbocycles. The van der Waals surface area contributed by atoms with Gasteiger partial charge in [0.1, 0.15) is 11.5 Å². The number of unbranched alkanes of at least 4 members (excludes halogenated alkanes) is 2. The van der Waals surface area contributed by atoms with Gasteiger partial charge < -0.3 is 44.5 Å². The number of esters is 2. The van der Waals surface area contributed by atoms with E-state index in [0.29, 0.717) is 33.8 Å². The van der Waals surface area contributed by atoms with Crippen molar-refractivity contribution in [1.82, 2.24) is 29.6 Å². The number of likely N-dealkylation sites (tertiary alicyclic amines) is 2. The molecule has 4 N–H and O–H groups in total. The standard InChI is InChI=1S/2C34H39N3O3.2ClH.H2O/c2*1-3-4-20-37-25(2)32(30-24-29(15-16-31(30)37)40-34(39)27-13-9-6-10-14-27)33(38)35-28-18-22-36(23-19-28)21-17-26-11-7-5-8-12-26;;;/h2*5-16,24,28H,3-4,17-23H2,1-2H3,(H,35,38);2*1H;1H2. The summed E-state index contributed by atoms with van der Waals surface area (Å²) in [6.45, 7) is 16.1. The van der Waals surface area contributed by atoms with Crippen LogP contribution in [0.1, 0.15) is 129 Å². The molecule has 0 spiro atoms. The smallest absolute Gasteiger partial charge is 0.343 e. The third-order valence-electron chi connectivity index (χ3n) is 15.9. The van der Waals surface area contributed by atoms with E-state index >= 15 is 0 Å². The number of aromatic nitrogens is 2. The van der Waals surface area contributed by atoms with Crippen LogP contribution in [-0.4, -0.2) is 99.5 Å². The second kappa shape index (κ2) is 32.0. The zero-order valence-corrected chi connectivity index (χ0v) is 50.1. The Kier molecular flexibility index (Phi) is 25.0. The fourth-order valence-electron chi connectivity index (χ4n) is 11.3. The van der Waals surface area contributed by atoms with Crippen molar-refractivity contribution in [3.8, 4) is 11.5 Å². The summed E-state index contributed by atoms with van der Waals surface area (Å²) < 4.78 is 15.9. The number of amides is 2. The number of ether oxygens (including phenoxy) is 2. The molecule has 8 aromatic rings. The molecule has 2 aliphatic rings. The van der Waals surface area contributed by atoms with Crippen molar-refractivity contribution in [3.05, 3.63) is 202 Å². The van der Waals surface area contributed by atoms with Crippen LogP contribution in [0, 0.1) is 13.8 Å². The van der Waals surface area contributed by atoms with Gasteiger partial charge in [-0.3, -0.25) is 9.59 Å². The van der Waals surface area contributed by atoms with Gasteiger partial charge in [0, 0.05) is 97.6 Å². The Morgan fingerprint density at radius 2 is 0.807 bits per heavy atom. The summed E-state index contributed by atoms with van der Waals surface area (Å²) in [7, 11) is 0. The van der Waals surface area contributed by atoms with Gasteiger partial charge >= 0.3 is 11.9 Å². The Morgan fingerprint density at radius 3 is 1.14 bits per heavy atom. The fourth-order valence-corrected chi connectivity index (χ4v) is 11.3. The molecular weight excluding hydrogens is 1080 g/mol. The predicted molar refractivity (Wildman–Crippen MR) is 338 cm³/mol. The lowest BCUT2D eigenvalue weighted by atomic mass is 10.0. The first-order valence-corrected chi connectivity index (χ1v) is 29.0. The van der Waals surface area contributed by atoms with Crippen molar-refractivity contribution in [2.45, 2.75) is 117 Å². The summed E-state index contributed by atoms with van der Waals surface area (Å²) in [5.41, 5.74) is 8.95. The number of hydrogen-bond acceptors (Lipinski definition) is 8. The van der Waals surface area contributed by atoms with Crippen LogP contribution in [0.2, 0.25) is 0 Å². The molecule has 4 heterocycles. The van der Waals surface area contributed by atoms with Crippen LogP contribution < -0.4 is 20.1 Å². The zero-order chi connectivity index (χ0) is 55.8. The number of rotatable bonds is 20. The molecular formula is C68H82Cl2N6O7. The Morgan fingerprint density at radius 1 is 0.470 bits per heavy atom. The normalized spacial score (nSPS) is 13.8. The van der Waals surface area contributed by atoms with Gasteiger partial charge in [0.15, 0.2) is 0 Å². The molecule has 0 aliphatic carbocycles. The van der Waals surface area contributed by atoms with Gasteiger partial charge in [0.05, 0.1) is 22.3 Å². The molecule has 0 atom stereocenters. The van der Waals surface area contributed by atoms with Gasteiger partial charge in [0.2, 0.25) is 0 Å². The van der Waals surface area contributed by atoms with Crippen molar-refractivity contribution < 1.29 is 34.1 Å². The van der Waals surface area contributed by atoms with Crippen LogP contribution in [0.3, 0.4) is 0 Å². The SMILES string of the molecule is CCCCn1c(C)c(C(=O)NC2CCN(CCc3ccccc3)CC2)c2cc(OC(=O)c3ccccc3)ccc21.CCCCn1c(C)c(C(=O)NC2CCN(CCc3ccccc3)CC2)c2cc(OC(=O)c3ccccc3)ccc21.Cl.Cl.O. The highest BCUT2D eigenvalue weighted by Crippen LogP contribution is 2.33. The summed E-state index contributed by atoms with van der Waals surface area (Å²) in [4.78, 5) is 57.8. The molecule has 0 unspecified atom stereocenters. The highest BCUT2D eigenvalue weighted by molar-refractivity contribution is 6.10. The Hall–Kier alpha value is -7.26. The van der Waals surface area contributed by atoms with Crippen molar-refractivity contribution in [2.75, 3.05) is 39.3 Å². The average Bonchev–Trinajstić information content (AvgIpc) is 4.02. The topological polar surface area (TPSA) is 159 Å². The van der Waals surface area contributed by atoms with Crippen LogP contribution in [0.15, 0.2) is 158 Å². The van der Waals surface area contributed by atoms with E-state index < -0.39 is 11.9 Å². The number of aryl methyl sites for hydroxylation is 2. The van der Waals surface area contributed by atoms with E-state index in [2.05, 4.69) is 104 Å². The number of benzene rings is 6. The molecule has 2 aromatic heterocycles. The van der Waals surface area contributed by atoms with E-state index in [4.69, 9.17) is 9.47 Å². The summed E-state index contributed by atoms with van der Waals surface area (Å²) in [5.74, 6) is -0.0391. The minimum Gasteiger partial charge on any atom is -0.423 e. The minimum atomic E-state index is -0.410. The first-order chi connectivity index (χ1) is 39.1. The monoisotopic (exact) mass is 1160 g/mol. The number of carbonyl (C=O) groups is 4. The number of fused-ring (bicyclic) bond motifs is 2. The molecule has 2 aliphatic heterocycles. The molecule has 6 aromatic carbocycles. The van der Waals surface area contributed by atoms with Gasteiger partial charge in [0.25, 0.3) is 11.8 Å². The van der Waals surface area contributed by atoms with E-state index in [1.165, 1.54) is 11.1 Å². The molecule has 2 amide bonds. The Labute approximate surface area is 501 Å². The number of hydrogen-bond donors (Lipinski definition) is 2. The zero-order valence-electron chi connectivity index (χ0n) is 48.4. The quantitative estimate of drug-likeness (QED) is 0.0564. The van der Waals surface area contributed by atoms with Crippen LogP contribution in [0.5, 0.6) is 11.5 Å². The van der Waals surface area contributed by atoms with Crippen LogP contribution in [0.25, 0.3) is 21.8 Å². The van der Waals surface area contributed by atoms with Gasteiger partial charge in [-0.2, -0.15) is 0 Å². The summed E-state index contributed by atoms with van der Waals surface area (Å²) in [6, 6.07) is 50.7. The summed E-state index contributed by atoms with van der Waals surface area (Å²) in [6.07, 6.45) is 10.0. The number of halogens is 2. The Bertz CT molecular complexity index is 3120. The molecule has 2 fully saturated rings. The van der Waals surface area contributed by atoms with Gasteiger partial charge in [-0.1, -0.05) is 124 Å². The maximum Gasteiger partial charge on any atom is 0.343 e. The first-order valence-electron chi connectivity index (χ1n) is 29.0. The maximum atomic E-state index is 13.7. The number of carbonyl (C=O) groups excluding carboxylic acids is 4. The van der Waals surface area contributed by atoms with Crippen molar-refractivity contribution in [1.29, 1.82) is 0 Å². The highest BCUT2D eigenvalue weighted by atomic mass is 35.5. The molecule has 15 heteroatoms. The molecule has 83 heavy (non-hydrogen) atoms. The molecule has 0 radical (unpaired) electrons. The third kappa shape index (κ3) is 17.0. The van der Waals surface area contributed by atoms with Crippen molar-refractivity contribution in [3.63, 3.8) is 0 Å². The maximum absolute atomic E-state index is 13.7. The van der Waals surface area contributed by atoms with Crippen molar-refractivity contribution in [2.24, 2.45) is 0 Å². The highest BCUT2D eigenvalue weighted by Gasteiger charge is 2.28. The Balaban J connectivity index is 0.000000257. The van der Waals surface area contributed by atoms with Crippen LogP contribution in [0.4, 0.5) is 0 Å². The van der Waals surface area contributed by atoms with Crippen LogP contribution >= 0.6 is 24.8 Å². The second-order valence-electron chi connectivity index (χ2n) is 21.5. The number of nitrogens with one attached hydrogen (secondary N) is 2. The van der Waals surface area contributed by atoms with Gasteiger partial charge in [-0.25, -0.2) is 9.59 Å². The van der Waals surface area contributed by atoms with E-state index in [0.717, 1.165) is 150 Å². The number of nitrogens with zero attached hydrogens (tertiary/aromatic N) is 4. The van der Waals surface area contributed by atoms with E-state index in [9.17, 15) is 19.2 Å².